The normalized spacial score (nSPS) is 15.6. The number of piperazine rings is 1. The van der Waals surface area contributed by atoms with Gasteiger partial charge in [-0.1, -0.05) is 0 Å². The molecule has 4 aromatic heterocycles. The van der Waals surface area contributed by atoms with Crippen LogP contribution in [0, 0.1) is 6.92 Å². The summed E-state index contributed by atoms with van der Waals surface area (Å²) in [6.07, 6.45) is 6.90. The van der Waals surface area contributed by atoms with Gasteiger partial charge in [0, 0.05) is 38.7 Å². The number of amides is 1. The first-order chi connectivity index (χ1) is 15.0. The first kappa shape index (κ1) is 19.3. The molecule has 31 heavy (non-hydrogen) atoms. The number of nitrogens with one attached hydrogen (secondary N) is 2. The van der Waals surface area contributed by atoms with Crippen LogP contribution >= 0.6 is 0 Å². The molecule has 0 saturated carbocycles. The molecule has 5 rings (SSSR count). The SMILES string of the molecule is CC(=O)N1CCN(c2c(C(C)Nc3ncnc4nc[nH]c34)cc(C)c3cncn23)CC1. The van der Waals surface area contributed by atoms with Gasteiger partial charge in [0.1, 0.15) is 24.0 Å². The fourth-order valence-corrected chi connectivity index (χ4v) is 4.31. The van der Waals surface area contributed by atoms with Gasteiger partial charge in [-0.3, -0.25) is 9.20 Å². The molecule has 0 spiro atoms. The number of imidazole rings is 2. The van der Waals surface area contributed by atoms with E-state index in [1.54, 1.807) is 13.3 Å². The molecule has 4 aromatic rings. The smallest absolute Gasteiger partial charge is 0.219 e. The standard InChI is InChI=1S/C21H25N9O/c1-13-8-16(14(2)27-20-18-19(24-10-23-18)25-11-26-20)21(30-12-22-9-17(13)30)29-6-4-28(5-7-29)15(3)31/h8-12,14H,4-7H2,1-3H3,(H2,23,24,25,26,27). The lowest BCUT2D eigenvalue weighted by Crippen LogP contribution is -2.49. The highest BCUT2D eigenvalue weighted by molar-refractivity contribution is 5.82. The maximum absolute atomic E-state index is 11.8. The van der Waals surface area contributed by atoms with Gasteiger partial charge in [0.15, 0.2) is 11.5 Å². The van der Waals surface area contributed by atoms with Crippen molar-refractivity contribution in [2.75, 3.05) is 36.4 Å². The summed E-state index contributed by atoms with van der Waals surface area (Å²) < 4.78 is 2.15. The van der Waals surface area contributed by atoms with Crippen LogP contribution in [0.1, 0.15) is 31.0 Å². The third kappa shape index (κ3) is 3.33. The number of fused-ring (bicyclic) bond motifs is 2. The van der Waals surface area contributed by atoms with Crippen molar-refractivity contribution >= 4 is 34.2 Å². The highest BCUT2D eigenvalue weighted by Gasteiger charge is 2.25. The van der Waals surface area contributed by atoms with Gasteiger partial charge < -0.3 is 20.1 Å². The van der Waals surface area contributed by atoms with Crippen LogP contribution in [0.2, 0.25) is 0 Å². The summed E-state index contributed by atoms with van der Waals surface area (Å²) in [6, 6.07) is 2.18. The maximum atomic E-state index is 11.8. The summed E-state index contributed by atoms with van der Waals surface area (Å²) >= 11 is 0. The summed E-state index contributed by atoms with van der Waals surface area (Å²) in [5.74, 6) is 1.93. The van der Waals surface area contributed by atoms with Crippen molar-refractivity contribution in [2.24, 2.45) is 0 Å². The lowest BCUT2D eigenvalue weighted by molar-refractivity contribution is -0.129. The van der Waals surface area contributed by atoms with Crippen LogP contribution in [-0.4, -0.2) is 66.3 Å². The van der Waals surface area contributed by atoms with Crippen LogP contribution in [0.5, 0.6) is 0 Å². The largest absolute Gasteiger partial charge is 0.362 e. The Balaban J connectivity index is 1.54. The van der Waals surface area contributed by atoms with E-state index < -0.39 is 0 Å². The first-order valence-corrected chi connectivity index (χ1v) is 10.4. The third-order valence-electron chi connectivity index (χ3n) is 5.97. The summed E-state index contributed by atoms with van der Waals surface area (Å²) in [7, 11) is 0. The Morgan fingerprint density at radius 2 is 2.00 bits per heavy atom. The Morgan fingerprint density at radius 3 is 2.77 bits per heavy atom. The Morgan fingerprint density at radius 1 is 1.19 bits per heavy atom. The summed E-state index contributed by atoms with van der Waals surface area (Å²) in [6.45, 7) is 8.81. The van der Waals surface area contributed by atoms with E-state index in [9.17, 15) is 4.79 Å². The molecule has 1 fully saturated rings. The second-order valence-electron chi connectivity index (χ2n) is 7.94. The monoisotopic (exact) mass is 419 g/mol. The van der Waals surface area contributed by atoms with E-state index in [2.05, 4.69) is 59.5 Å². The Kier molecular flexibility index (Phi) is 4.68. The molecule has 2 N–H and O–H groups in total. The van der Waals surface area contributed by atoms with E-state index in [0.29, 0.717) is 24.6 Å². The lowest BCUT2D eigenvalue weighted by atomic mass is 10.0. The number of anilines is 2. The van der Waals surface area contributed by atoms with Gasteiger partial charge in [0.2, 0.25) is 5.91 Å². The van der Waals surface area contributed by atoms with Crippen LogP contribution in [0.15, 0.2) is 31.2 Å². The minimum absolute atomic E-state index is 0.0345. The average Bonchev–Trinajstić information content (AvgIpc) is 3.44. The minimum Gasteiger partial charge on any atom is -0.362 e. The summed E-state index contributed by atoms with van der Waals surface area (Å²) in [5.41, 5.74) is 4.79. The number of carbonyl (C=O) groups excluding carboxylic acids is 1. The van der Waals surface area contributed by atoms with Crippen molar-refractivity contribution in [1.82, 2.24) is 34.2 Å². The number of aromatic nitrogens is 6. The van der Waals surface area contributed by atoms with Crippen LogP contribution in [0.25, 0.3) is 16.7 Å². The second kappa shape index (κ2) is 7.53. The molecule has 10 nitrogen and oxygen atoms in total. The Labute approximate surface area is 179 Å². The van der Waals surface area contributed by atoms with Crippen molar-refractivity contribution in [3.63, 3.8) is 0 Å². The van der Waals surface area contributed by atoms with Crippen LogP contribution in [-0.2, 0) is 4.79 Å². The van der Waals surface area contributed by atoms with E-state index in [1.807, 2.05) is 17.4 Å². The number of H-pyrrole nitrogens is 1. The van der Waals surface area contributed by atoms with E-state index in [4.69, 9.17) is 0 Å². The zero-order chi connectivity index (χ0) is 21.5. The first-order valence-electron chi connectivity index (χ1n) is 10.4. The molecule has 0 bridgehead atoms. The quantitative estimate of drug-likeness (QED) is 0.522. The van der Waals surface area contributed by atoms with Crippen molar-refractivity contribution < 1.29 is 4.79 Å². The number of hydrogen-bond acceptors (Lipinski definition) is 7. The molecule has 0 aromatic carbocycles. The van der Waals surface area contributed by atoms with E-state index in [1.165, 1.54) is 6.33 Å². The number of aryl methyl sites for hydroxylation is 1. The van der Waals surface area contributed by atoms with Gasteiger partial charge in [-0.15, -0.1) is 0 Å². The van der Waals surface area contributed by atoms with Crippen molar-refractivity contribution in [3.05, 3.63) is 42.4 Å². The van der Waals surface area contributed by atoms with E-state index in [-0.39, 0.29) is 11.9 Å². The lowest BCUT2D eigenvalue weighted by Gasteiger charge is -2.37. The highest BCUT2D eigenvalue weighted by Crippen LogP contribution is 2.33. The molecule has 1 atom stereocenters. The molecule has 160 valence electrons. The molecule has 10 heteroatoms. The predicted molar refractivity (Wildman–Crippen MR) is 118 cm³/mol. The van der Waals surface area contributed by atoms with Gasteiger partial charge in [0.05, 0.1) is 24.1 Å². The zero-order valence-electron chi connectivity index (χ0n) is 17.8. The molecule has 0 aliphatic carbocycles. The number of rotatable bonds is 4. The van der Waals surface area contributed by atoms with Gasteiger partial charge in [0.25, 0.3) is 0 Å². The van der Waals surface area contributed by atoms with Crippen LogP contribution < -0.4 is 10.2 Å². The summed E-state index contributed by atoms with van der Waals surface area (Å²) in [5, 5.41) is 3.53. The van der Waals surface area contributed by atoms with E-state index in [0.717, 1.165) is 41.1 Å². The fraction of sp³-hybridized carbons (Fsp3) is 0.381. The van der Waals surface area contributed by atoms with Crippen LogP contribution in [0.3, 0.4) is 0 Å². The predicted octanol–water partition coefficient (Wildman–Crippen LogP) is 2.15. The molecule has 1 saturated heterocycles. The van der Waals surface area contributed by atoms with Gasteiger partial charge in [-0.2, -0.15) is 0 Å². The van der Waals surface area contributed by atoms with Crippen molar-refractivity contribution in [3.8, 4) is 0 Å². The Hall–Kier alpha value is -3.69. The molecular formula is C21H25N9O. The molecule has 1 aliphatic rings. The van der Waals surface area contributed by atoms with E-state index >= 15 is 0 Å². The van der Waals surface area contributed by atoms with Gasteiger partial charge in [-0.05, 0) is 25.5 Å². The molecule has 1 aliphatic heterocycles. The number of pyridine rings is 1. The van der Waals surface area contributed by atoms with Crippen LogP contribution in [0.4, 0.5) is 11.6 Å². The maximum Gasteiger partial charge on any atom is 0.219 e. The average molecular weight is 419 g/mol. The number of nitrogens with zero attached hydrogens (tertiary/aromatic N) is 7. The molecule has 1 amide bonds. The zero-order valence-corrected chi connectivity index (χ0v) is 17.8. The number of hydrogen-bond donors (Lipinski definition) is 2. The topological polar surface area (TPSA) is 107 Å². The van der Waals surface area contributed by atoms with Gasteiger partial charge in [-0.25, -0.2) is 19.9 Å². The minimum atomic E-state index is -0.0345. The number of aromatic amines is 1. The second-order valence-corrected chi connectivity index (χ2v) is 7.94. The Bertz CT molecular complexity index is 1250. The number of carbonyl (C=O) groups is 1. The molecule has 5 heterocycles. The summed E-state index contributed by atoms with van der Waals surface area (Å²) in [4.78, 5) is 36.4. The molecule has 0 radical (unpaired) electrons. The van der Waals surface area contributed by atoms with Crippen molar-refractivity contribution in [1.29, 1.82) is 0 Å². The molecular weight excluding hydrogens is 394 g/mol. The molecule has 1 unspecified atom stereocenters. The highest BCUT2D eigenvalue weighted by atomic mass is 16.2. The third-order valence-corrected chi connectivity index (χ3v) is 5.97. The fourth-order valence-electron chi connectivity index (χ4n) is 4.31. The van der Waals surface area contributed by atoms with Crippen molar-refractivity contribution in [2.45, 2.75) is 26.8 Å². The van der Waals surface area contributed by atoms with Gasteiger partial charge >= 0.3 is 0 Å².